The Bertz CT molecular complexity index is 785. The predicted molar refractivity (Wildman–Crippen MR) is 69.0 cm³/mol. The predicted octanol–water partition coefficient (Wildman–Crippen LogP) is 1.73. The molecular weight excluding hydrogens is 228 g/mol. The summed E-state index contributed by atoms with van der Waals surface area (Å²) in [7, 11) is 0. The molecule has 2 aromatic heterocycles. The van der Waals surface area contributed by atoms with E-state index in [0.717, 1.165) is 17.1 Å². The molecule has 5 nitrogen and oxygen atoms in total. The summed E-state index contributed by atoms with van der Waals surface area (Å²) in [5.41, 5.74) is 2.84. The van der Waals surface area contributed by atoms with Gasteiger partial charge < -0.3 is 4.98 Å². The summed E-state index contributed by atoms with van der Waals surface area (Å²) in [5, 5.41) is 0. The Balaban J connectivity index is 2.42. The molecule has 18 heavy (non-hydrogen) atoms. The number of H-pyrrole nitrogens is 1. The number of aromatic amines is 1. The lowest BCUT2D eigenvalue weighted by Gasteiger charge is -2.06. The highest BCUT2D eigenvalue weighted by Crippen LogP contribution is 2.17. The van der Waals surface area contributed by atoms with Crippen molar-refractivity contribution in [3.8, 4) is 5.69 Å². The van der Waals surface area contributed by atoms with Crippen molar-refractivity contribution in [2.45, 2.75) is 13.8 Å². The second kappa shape index (κ2) is 3.80. The zero-order valence-electron chi connectivity index (χ0n) is 10.1. The van der Waals surface area contributed by atoms with Crippen LogP contribution in [-0.4, -0.2) is 19.5 Å². The number of aryl methyl sites for hydroxylation is 2. The molecular formula is C13H12N4O. The first-order valence-corrected chi connectivity index (χ1v) is 5.66. The summed E-state index contributed by atoms with van der Waals surface area (Å²) in [6.45, 7) is 3.88. The SMILES string of the molecule is Cc1cccc(-n2c(C)nc3nc[nH]c(=O)c32)c1. The maximum atomic E-state index is 11.9. The molecule has 5 heteroatoms. The monoisotopic (exact) mass is 240 g/mol. The fraction of sp³-hybridized carbons (Fsp3) is 0.154. The minimum atomic E-state index is -0.179. The largest absolute Gasteiger partial charge is 0.311 e. The van der Waals surface area contributed by atoms with Gasteiger partial charge >= 0.3 is 0 Å². The standard InChI is InChI=1S/C13H12N4O/c1-8-4-3-5-10(6-8)17-9(2)16-12-11(17)13(18)15-7-14-12/h3-7H,1-2H3,(H,14,15,18). The topological polar surface area (TPSA) is 63.6 Å². The van der Waals surface area contributed by atoms with E-state index >= 15 is 0 Å². The normalized spacial score (nSPS) is 11.0. The Morgan fingerprint density at radius 1 is 1.28 bits per heavy atom. The number of benzene rings is 1. The highest BCUT2D eigenvalue weighted by atomic mass is 16.1. The highest BCUT2D eigenvalue weighted by molar-refractivity contribution is 5.73. The van der Waals surface area contributed by atoms with Crippen molar-refractivity contribution < 1.29 is 0 Å². The van der Waals surface area contributed by atoms with Crippen LogP contribution in [-0.2, 0) is 0 Å². The van der Waals surface area contributed by atoms with Crippen molar-refractivity contribution in [1.82, 2.24) is 19.5 Å². The van der Waals surface area contributed by atoms with E-state index in [9.17, 15) is 4.79 Å². The van der Waals surface area contributed by atoms with Crippen LogP contribution in [0.4, 0.5) is 0 Å². The van der Waals surface area contributed by atoms with E-state index in [-0.39, 0.29) is 5.56 Å². The van der Waals surface area contributed by atoms with Crippen LogP contribution < -0.4 is 5.56 Å². The van der Waals surface area contributed by atoms with Crippen molar-refractivity contribution >= 4 is 11.2 Å². The molecule has 0 aliphatic heterocycles. The number of hydrogen-bond acceptors (Lipinski definition) is 3. The van der Waals surface area contributed by atoms with Crippen LogP contribution in [0.5, 0.6) is 0 Å². The summed E-state index contributed by atoms with van der Waals surface area (Å²) >= 11 is 0. The summed E-state index contributed by atoms with van der Waals surface area (Å²) in [6, 6.07) is 7.94. The number of nitrogens with zero attached hydrogens (tertiary/aromatic N) is 3. The molecule has 3 aromatic rings. The van der Waals surface area contributed by atoms with E-state index in [0.29, 0.717) is 11.2 Å². The summed E-state index contributed by atoms with van der Waals surface area (Å²) in [4.78, 5) is 22.9. The molecule has 0 saturated heterocycles. The Morgan fingerprint density at radius 3 is 2.89 bits per heavy atom. The average Bonchev–Trinajstić information content (AvgIpc) is 2.67. The number of aromatic nitrogens is 4. The van der Waals surface area contributed by atoms with Gasteiger partial charge in [0.15, 0.2) is 11.2 Å². The first-order valence-electron chi connectivity index (χ1n) is 5.66. The second-order valence-corrected chi connectivity index (χ2v) is 4.24. The van der Waals surface area contributed by atoms with E-state index in [1.807, 2.05) is 42.7 Å². The van der Waals surface area contributed by atoms with Crippen LogP contribution in [0.2, 0.25) is 0 Å². The second-order valence-electron chi connectivity index (χ2n) is 4.24. The maximum Gasteiger partial charge on any atom is 0.277 e. The summed E-state index contributed by atoms with van der Waals surface area (Å²) in [6.07, 6.45) is 1.37. The van der Waals surface area contributed by atoms with Crippen molar-refractivity contribution in [2.75, 3.05) is 0 Å². The Hall–Kier alpha value is -2.43. The molecule has 90 valence electrons. The van der Waals surface area contributed by atoms with E-state index in [1.165, 1.54) is 6.33 Å². The molecule has 0 atom stereocenters. The fourth-order valence-corrected chi connectivity index (χ4v) is 2.11. The van der Waals surface area contributed by atoms with Gasteiger partial charge in [-0.2, -0.15) is 0 Å². The van der Waals surface area contributed by atoms with Crippen LogP contribution in [0, 0.1) is 13.8 Å². The number of imidazole rings is 1. The van der Waals surface area contributed by atoms with Gasteiger partial charge in [0.2, 0.25) is 0 Å². The maximum absolute atomic E-state index is 11.9. The summed E-state index contributed by atoms with van der Waals surface area (Å²) < 4.78 is 1.83. The van der Waals surface area contributed by atoms with Crippen LogP contribution in [0.1, 0.15) is 11.4 Å². The van der Waals surface area contributed by atoms with E-state index in [2.05, 4.69) is 15.0 Å². The number of rotatable bonds is 1. The summed E-state index contributed by atoms with van der Waals surface area (Å²) in [5.74, 6) is 0.750. The third kappa shape index (κ3) is 1.52. The van der Waals surface area contributed by atoms with Crippen LogP contribution in [0.3, 0.4) is 0 Å². The quantitative estimate of drug-likeness (QED) is 0.704. The van der Waals surface area contributed by atoms with Crippen LogP contribution in [0.25, 0.3) is 16.9 Å². The number of fused-ring (bicyclic) bond motifs is 1. The molecule has 2 heterocycles. The van der Waals surface area contributed by atoms with Gasteiger partial charge in [-0.15, -0.1) is 0 Å². The molecule has 0 radical (unpaired) electrons. The Labute approximate surface area is 103 Å². The van der Waals surface area contributed by atoms with Crippen molar-refractivity contribution in [3.63, 3.8) is 0 Å². The molecule has 0 aliphatic carbocycles. The van der Waals surface area contributed by atoms with E-state index in [1.54, 1.807) is 0 Å². The first kappa shape index (κ1) is 10.7. The van der Waals surface area contributed by atoms with Crippen molar-refractivity contribution in [1.29, 1.82) is 0 Å². The lowest BCUT2D eigenvalue weighted by Crippen LogP contribution is -2.11. The zero-order chi connectivity index (χ0) is 12.7. The van der Waals surface area contributed by atoms with Gasteiger partial charge in [-0.25, -0.2) is 9.97 Å². The number of hydrogen-bond donors (Lipinski definition) is 1. The third-order valence-corrected chi connectivity index (χ3v) is 2.88. The molecule has 0 amide bonds. The Morgan fingerprint density at radius 2 is 2.11 bits per heavy atom. The van der Waals surface area contributed by atoms with E-state index < -0.39 is 0 Å². The molecule has 0 spiro atoms. The highest BCUT2D eigenvalue weighted by Gasteiger charge is 2.13. The van der Waals surface area contributed by atoms with Crippen molar-refractivity contribution in [3.05, 3.63) is 52.3 Å². The van der Waals surface area contributed by atoms with Crippen LogP contribution in [0.15, 0.2) is 35.4 Å². The molecule has 3 rings (SSSR count). The van der Waals surface area contributed by atoms with Gasteiger partial charge in [-0.3, -0.25) is 9.36 Å². The van der Waals surface area contributed by atoms with Gasteiger partial charge in [0.25, 0.3) is 5.56 Å². The van der Waals surface area contributed by atoms with Gasteiger partial charge in [0.1, 0.15) is 5.82 Å². The smallest absolute Gasteiger partial charge is 0.277 e. The minimum absolute atomic E-state index is 0.179. The van der Waals surface area contributed by atoms with E-state index in [4.69, 9.17) is 0 Å². The Kier molecular flexibility index (Phi) is 2.26. The molecule has 1 aromatic carbocycles. The fourth-order valence-electron chi connectivity index (χ4n) is 2.11. The number of nitrogens with one attached hydrogen (secondary N) is 1. The van der Waals surface area contributed by atoms with Crippen LogP contribution >= 0.6 is 0 Å². The molecule has 0 bridgehead atoms. The van der Waals surface area contributed by atoms with Gasteiger partial charge in [-0.05, 0) is 31.5 Å². The zero-order valence-corrected chi connectivity index (χ0v) is 10.1. The lowest BCUT2D eigenvalue weighted by molar-refractivity contribution is 0.992. The molecule has 0 fully saturated rings. The van der Waals surface area contributed by atoms with Gasteiger partial charge in [-0.1, -0.05) is 12.1 Å². The third-order valence-electron chi connectivity index (χ3n) is 2.88. The first-order chi connectivity index (χ1) is 8.66. The lowest BCUT2D eigenvalue weighted by atomic mass is 10.2. The molecule has 1 N–H and O–H groups in total. The minimum Gasteiger partial charge on any atom is -0.311 e. The van der Waals surface area contributed by atoms with Crippen molar-refractivity contribution in [2.24, 2.45) is 0 Å². The van der Waals surface area contributed by atoms with Gasteiger partial charge in [0.05, 0.1) is 6.33 Å². The average molecular weight is 240 g/mol. The molecule has 0 saturated carbocycles. The molecule has 0 unspecified atom stereocenters. The van der Waals surface area contributed by atoms with Gasteiger partial charge in [0, 0.05) is 5.69 Å². The molecule has 0 aliphatic rings.